The average molecular weight is 821 g/mol. The molecule has 60 heavy (non-hydrogen) atoms. The number of likely N-dealkylation sites (N-methyl/N-ethyl adjacent to an activating group) is 1. The van der Waals surface area contributed by atoms with Crippen LogP contribution < -0.4 is 29.0 Å². The maximum absolute atomic E-state index is 14.3. The summed E-state index contributed by atoms with van der Waals surface area (Å²) in [5.74, 6) is 2.84. The number of ether oxygens (including phenoxy) is 5. The molecule has 4 aromatic rings. The maximum Gasteiger partial charge on any atom is 0.255 e. The van der Waals surface area contributed by atoms with E-state index < -0.39 is 11.9 Å². The van der Waals surface area contributed by atoms with Gasteiger partial charge in [-0.15, -0.1) is 0 Å². The van der Waals surface area contributed by atoms with Gasteiger partial charge in [-0.25, -0.2) is 15.0 Å². The van der Waals surface area contributed by atoms with Gasteiger partial charge in [0.15, 0.2) is 23.0 Å². The number of benzene rings is 2. The standard InChI is InChI=1S/C44H52N8O8/c1-50(2)21-31(48-42(53)30-20-45-40-38(30)46-23-47-39(40)36-33(58-22-25-9-10-25)13-14-34-41(36)60-24-59-34)44(55)51-17-15-27(16-18-51)52-43(54)29-8-6-5-7-28(29)37(49-52)26-11-12-32(56-3)35(19-26)57-4/h11-14,19-20,23,25,27-29,31,45H,5-10,15-18,21-22,24H2,1-4H3,(H,48,53)/t28-,29+,31+/m0/s1. The number of hydrazone groups is 1. The van der Waals surface area contributed by atoms with Crippen LogP contribution in [0.4, 0.5) is 0 Å². The monoisotopic (exact) mass is 820 g/mol. The lowest BCUT2D eigenvalue weighted by Crippen LogP contribution is -2.57. The molecule has 2 aromatic heterocycles. The molecule has 0 radical (unpaired) electrons. The number of nitrogens with zero attached hydrogens (tertiary/aromatic N) is 6. The van der Waals surface area contributed by atoms with Gasteiger partial charge < -0.3 is 43.8 Å². The Labute approximate surface area is 348 Å². The first kappa shape index (κ1) is 39.6. The van der Waals surface area contributed by atoms with Crippen molar-refractivity contribution in [3.05, 3.63) is 54.0 Å². The summed E-state index contributed by atoms with van der Waals surface area (Å²) in [5, 5.41) is 9.80. The number of nitrogens with one attached hydrogen (secondary N) is 2. The number of aromatic nitrogens is 3. The molecule has 2 aliphatic carbocycles. The number of hydrogen-bond donors (Lipinski definition) is 2. The largest absolute Gasteiger partial charge is 0.493 e. The van der Waals surface area contributed by atoms with Gasteiger partial charge in [-0.2, -0.15) is 5.10 Å². The summed E-state index contributed by atoms with van der Waals surface area (Å²) in [5.41, 5.74) is 4.18. The first-order valence-electron chi connectivity index (χ1n) is 21.0. The van der Waals surface area contributed by atoms with Gasteiger partial charge in [0, 0.05) is 43.2 Å². The number of piperidine rings is 1. The summed E-state index contributed by atoms with van der Waals surface area (Å²) in [7, 11) is 6.96. The Morgan fingerprint density at radius 1 is 0.950 bits per heavy atom. The van der Waals surface area contributed by atoms with Crippen LogP contribution in [0.1, 0.15) is 67.3 Å². The number of hydrogen-bond acceptors (Lipinski definition) is 12. The lowest BCUT2D eigenvalue weighted by atomic mass is 9.73. The molecule has 3 fully saturated rings. The van der Waals surface area contributed by atoms with Crippen LogP contribution in [0.15, 0.2) is 48.0 Å². The number of carbonyl (C=O) groups is 3. The van der Waals surface area contributed by atoms with E-state index in [-0.39, 0.29) is 48.6 Å². The molecule has 9 rings (SSSR count). The van der Waals surface area contributed by atoms with Gasteiger partial charge in [0.25, 0.3) is 5.91 Å². The number of methoxy groups -OCH3 is 2. The topological polar surface area (TPSA) is 173 Å². The van der Waals surface area contributed by atoms with Crippen LogP contribution in [0.2, 0.25) is 0 Å². The molecule has 0 spiro atoms. The fourth-order valence-electron chi connectivity index (χ4n) is 9.12. The zero-order valence-corrected chi connectivity index (χ0v) is 34.6. The number of rotatable bonds is 13. The molecule has 3 amide bonds. The Hall–Kier alpha value is -5.90. The molecule has 2 saturated carbocycles. The summed E-state index contributed by atoms with van der Waals surface area (Å²) in [6, 6.07) is 8.50. The molecule has 2 aromatic carbocycles. The van der Waals surface area contributed by atoms with Gasteiger partial charge in [0.05, 0.1) is 49.2 Å². The van der Waals surface area contributed by atoms with E-state index in [9.17, 15) is 14.4 Å². The first-order chi connectivity index (χ1) is 29.2. The minimum absolute atomic E-state index is 0.0407. The highest BCUT2D eigenvalue weighted by Gasteiger charge is 2.44. The number of H-pyrrole nitrogens is 1. The van der Waals surface area contributed by atoms with E-state index in [1.807, 2.05) is 49.3 Å². The average Bonchev–Trinajstić information content (AvgIpc) is 3.79. The predicted octanol–water partition coefficient (Wildman–Crippen LogP) is 4.86. The van der Waals surface area contributed by atoms with E-state index in [0.29, 0.717) is 89.5 Å². The lowest BCUT2D eigenvalue weighted by Gasteiger charge is -2.43. The van der Waals surface area contributed by atoms with Crippen molar-refractivity contribution in [1.29, 1.82) is 0 Å². The molecule has 5 aliphatic rings. The van der Waals surface area contributed by atoms with Gasteiger partial charge in [0.2, 0.25) is 18.6 Å². The number of amides is 3. The van der Waals surface area contributed by atoms with Gasteiger partial charge in [0.1, 0.15) is 29.3 Å². The molecule has 0 unspecified atom stereocenters. The van der Waals surface area contributed by atoms with Crippen molar-refractivity contribution in [2.24, 2.45) is 22.9 Å². The quantitative estimate of drug-likeness (QED) is 0.189. The SMILES string of the molecule is COc1ccc(C2=NN(C3CCN(C(=O)[C@@H](CN(C)C)NC(=O)c4c[nH]c5c(-c6c(OCC7CC7)ccc7c6OCO7)ncnc45)CC3)C(=O)[C@@H]3CCCC[C@H]23)cc1OC. The van der Waals surface area contributed by atoms with Crippen molar-refractivity contribution in [3.63, 3.8) is 0 Å². The van der Waals surface area contributed by atoms with E-state index in [4.69, 9.17) is 28.8 Å². The Balaban J connectivity index is 0.919. The van der Waals surface area contributed by atoms with Crippen LogP contribution in [-0.2, 0) is 9.59 Å². The zero-order valence-electron chi connectivity index (χ0n) is 34.6. The third-order valence-electron chi connectivity index (χ3n) is 12.4. The Bertz CT molecular complexity index is 2320. The number of carbonyl (C=O) groups excluding carboxylic acids is 3. The minimum atomic E-state index is -0.838. The van der Waals surface area contributed by atoms with Crippen molar-refractivity contribution in [3.8, 4) is 40.0 Å². The Morgan fingerprint density at radius 2 is 1.72 bits per heavy atom. The highest BCUT2D eigenvalue weighted by atomic mass is 16.7. The molecular formula is C44H52N8O8. The summed E-state index contributed by atoms with van der Waals surface area (Å²) in [6.45, 7) is 1.79. The number of fused-ring (bicyclic) bond motifs is 3. The van der Waals surface area contributed by atoms with Gasteiger partial charge >= 0.3 is 0 Å². The van der Waals surface area contributed by atoms with Crippen LogP contribution in [0, 0.1) is 17.8 Å². The van der Waals surface area contributed by atoms with E-state index >= 15 is 0 Å². The second-order valence-corrected chi connectivity index (χ2v) is 16.7. The zero-order chi connectivity index (χ0) is 41.5. The normalized spacial score (nSPS) is 20.8. The number of likely N-dealkylation sites (tertiary alicyclic amines) is 1. The number of aromatic amines is 1. The minimum Gasteiger partial charge on any atom is -0.493 e. The second kappa shape index (κ2) is 16.6. The molecule has 2 N–H and O–H groups in total. The maximum atomic E-state index is 14.3. The van der Waals surface area contributed by atoms with Crippen molar-refractivity contribution in [2.45, 2.75) is 63.5 Å². The summed E-state index contributed by atoms with van der Waals surface area (Å²) < 4.78 is 28.9. The third-order valence-corrected chi connectivity index (χ3v) is 12.4. The second-order valence-electron chi connectivity index (χ2n) is 16.7. The summed E-state index contributed by atoms with van der Waals surface area (Å²) in [4.78, 5) is 58.4. The molecule has 5 heterocycles. The van der Waals surface area contributed by atoms with Gasteiger partial charge in [-0.05, 0) is 88.9 Å². The van der Waals surface area contributed by atoms with Gasteiger partial charge in [-0.3, -0.25) is 14.4 Å². The van der Waals surface area contributed by atoms with E-state index in [1.54, 1.807) is 30.3 Å². The molecule has 0 bridgehead atoms. The first-order valence-corrected chi connectivity index (χ1v) is 21.0. The summed E-state index contributed by atoms with van der Waals surface area (Å²) >= 11 is 0. The van der Waals surface area contributed by atoms with Crippen molar-refractivity contribution < 1.29 is 38.1 Å². The third kappa shape index (κ3) is 7.57. The van der Waals surface area contributed by atoms with Crippen molar-refractivity contribution >= 4 is 34.5 Å². The van der Waals surface area contributed by atoms with Crippen molar-refractivity contribution in [1.82, 2.24) is 35.1 Å². The highest BCUT2D eigenvalue weighted by molar-refractivity contribution is 6.09. The molecule has 3 aliphatic heterocycles. The fraction of sp³-hybridized carbons (Fsp3) is 0.500. The van der Waals surface area contributed by atoms with Crippen LogP contribution >= 0.6 is 0 Å². The fourth-order valence-corrected chi connectivity index (χ4v) is 9.12. The van der Waals surface area contributed by atoms with E-state index in [1.165, 1.54) is 6.33 Å². The van der Waals surface area contributed by atoms with Crippen LogP contribution in [0.25, 0.3) is 22.3 Å². The molecule has 3 atom stereocenters. The van der Waals surface area contributed by atoms with Crippen molar-refractivity contribution in [2.75, 3.05) is 61.3 Å². The predicted molar refractivity (Wildman–Crippen MR) is 221 cm³/mol. The Kier molecular flexibility index (Phi) is 11.0. The Morgan fingerprint density at radius 3 is 2.47 bits per heavy atom. The molecule has 316 valence electrons. The highest BCUT2D eigenvalue weighted by Crippen LogP contribution is 2.48. The molecule has 16 nitrogen and oxygen atoms in total. The summed E-state index contributed by atoms with van der Waals surface area (Å²) in [6.07, 6.45) is 10.2. The van der Waals surface area contributed by atoms with Crippen LogP contribution in [-0.4, -0.2) is 127 Å². The van der Waals surface area contributed by atoms with E-state index in [2.05, 4.69) is 20.3 Å². The molecular weight excluding hydrogens is 769 g/mol. The van der Waals surface area contributed by atoms with E-state index in [0.717, 1.165) is 49.8 Å². The molecule has 1 saturated heterocycles. The lowest BCUT2D eigenvalue weighted by molar-refractivity contribution is -0.143. The van der Waals surface area contributed by atoms with Crippen LogP contribution in [0.3, 0.4) is 0 Å². The van der Waals surface area contributed by atoms with Crippen LogP contribution in [0.5, 0.6) is 28.7 Å². The smallest absolute Gasteiger partial charge is 0.255 e. The molecule has 16 heteroatoms. The van der Waals surface area contributed by atoms with Gasteiger partial charge in [-0.1, -0.05) is 12.8 Å².